The van der Waals surface area contributed by atoms with Gasteiger partial charge in [0.2, 0.25) is 5.91 Å². The molecule has 5 nitrogen and oxygen atoms in total. The number of carbonyl (C=O) groups is 2. The van der Waals surface area contributed by atoms with Crippen molar-refractivity contribution in [1.29, 1.82) is 0 Å². The van der Waals surface area contributed by atoms with E-state index in [0.717, 1.165) is 17.7 Å². The summed E-state index contributed by atoms with van der Waals surface area (Å²) in [5, 5.41) is 8.85. The Morgan fingerprint density at radius 1 is 1.29 bits per heavy atom. The third-order valence-corrected chi connectivity index (χ3v) is 3.31. The van der Waals surface area contributed by atoms with Crippen molar-refractivity contribution in [2.45, 2.75) is 45.6 Å². The lowest BCUT2D eigenvalue weighted by Gasteiger charge is -2.24. The van der Waals surface area contributed by atoms with Gasteiger partial charge in [0.05, 0.1) is 6.42 Å². The molecule has 0 aliphatic heterocycles. The van der Waals surface area contributed by atoms with Gasteiger partial charge in [-0.15, -0.1) is 0 Å². The van der Waals surface area contributed by atoms with Crippen molar-refractivity contribution in [3.63, 3.8) is 0 Å². The number of carboxylic acids is 1. The molecule has 5 heteroatoms. The maximum Gasteiger partial charge on any atom is 0.305 e. The second-order valence-corrected chi connectivity index (χ2v) is 5.35. The largest absolute Gasteiger partial charge is 0.481 e. The molecule has 21 heavy (non-hydrogen) atoms. The maximum atomic E-state index is 12.4. The molecular formula is C16H24N2O3. The molecule has 0 spiro atoms. The molecule has 0 heterocycles. The van der Waals surface area contributed by atoms with Gasteiger partial charge in [-0.2, -0.15) is 0 Å². The first kappa shape index (κ1) is 17.2. The SMILES string of the molecule is Cc1ccccc1N(CCC(=O)O)C(=O)CCCC(C)N. The second kappa shape index (κ2) is 8.42. The van der Waals surface area contributed by atoms with Gasteiger partial charge >= 0.3 is 5.97 Å². The first-order valence-corrected chi connectivity index (χ1v) is 7.25. The number of hydrogen-bond acceptors (Lipinski definition) is 3. The number of aryl methyl sites for hydroxylation is 1. The summed E-state index contributed by atoms with van der Waals surface area (Å²) in [5.41, 5.74) is 7.43. The molecule has 0 aliphatic carbocycles. The number of amides is 1. The zero-order valence-corrected chi connectivity index (χ0v) is 12.7. The van der Waals surface area contributed by atoms with E-state index in [0.29, 0.717) is 12.8 Å². The van der Waals surface area contributed by atoms with E-state index in [2.05, 4.69) is 0 Å². The van der Waals surface area contributed by atoms with Gasteiger partial charge in [-0.05, 0) is 38.3 Å². The monoisotopic (exact) mass is 292 g/mol. The van der Waals surface area contributed by atoms with E-state index in [9.17, 15) is 9.59 Å². The standard InChI is InChI=1S/C16H24N2O3/c1-12-6-3-4-8-14(12)18(11-10-16(20)21)15(19)9-5-7-13(2)17/h3-4,6,8,13H,5,7,9-11,17H2,1-2H3,(H,20,21). The molecule has 1 aromatic rings. The molecule has 1 rings (SSSR count). The molecule has 116 valence electrons. The van der Waals surface area contributed by atoms with Crippen LogP contribution in [0.25, 0.3) is 0 Å². The molecule has 0 saturated heterocycles. The van der Waals surface area contributed by atoms with E-state index < -0.39 is 5.97 Å². The van der Waals surface area contributed by atoms with Crippen molar-refractivity contribution in [2.24, 2.45) is 5.73 Å². The van der Waals surface area contributed by atoms with Crippen LogP contribution in [0, 0.1) is 6.92 Å². The highest BCUT2D eigenvalue weighted by atomic mass is 16.4. The smallest absolute Gasteiger partial charge is 0.305 e. The van der Waals surface area contributed by atoms with Gasteiger partial charge in [0.25, 0.3) is 0 Å². The van der Waals surface area contributed by atoms with E-state index >= 15 is 0 Å². The summed E-state index contributed by atoms with van der Waals surface area (Å²) < 4.78 is 0. The number of hydrogen-bond donors (Lipinski definition) is 2. The molecule has 0 aliphatic rings. The fourth-order valence-electron chi connectivity index (χ4n) is 2.16. The highest BCUT2D eigenvalue weighted by molar-refractivity contribution is 5.94. The lowest BCUT2D eigenvalue weighted by molar-refractivity contribution is -0.136. The Kier molecular flexibility index (Phi) is 6.88. The Morgan fingerprint density at radius 2 is 1.95 bits per heavy atom. The molecule has 1 amide bonds. The molecule has 0 saturated carbocycles. The predicted molar refractivity (Wildman–Crippen MR) is 83.3 cm³/mol. The number of nitrogens with two attached hydrogens (primary N) is 1. The summed E-state index contributed by atoms with van der Waals surface area (Å²) in [6.45, 7) is 4.02. The maximum absolute atomic E-state index is 12.4. The summed E-state index contributed by atoms with van der Waals surface area (Å²) in [7, 11) is 0. The van der Waals surface area contributed by atoms with Gasteiger partial charge in [-0.25, -0.2) is 0 Å². The molecule has 1 aromatic carbocycles. The Hall–Kier alpha value is -1.88. The number of para-hydroxylation sites is 1. The van der Waals surface area contributed by atoms with Crippen molar-refractivity contribution >= 4 is 17.6 Å². The van der Waals surface area contributed by atoms with E-state index in [1.165, 1.54) is 0 Å². The van der Waals surface area contributed by atoms with Crippen LogP contribution >= 0.6 is 0 Å². The lowest BCUT2D eigenvalue weighted by Crippen LogP contribution is -2.33. The number of carbonyl (C=O) groups excluding carboxylic acids is 1. The van der Waals surface area contributed by atoms with Crippen molar-refractivity contribution in [2.75, 3.05) is 11.4 Å². The minimum absolute atomic E-state index is 0.0498. The molecule has 0 bridgehead atoms. The van der Waals surface area contributed by atoms with E-state index in [4.69, 9.17) is 10.8 Å². The van der Waals surface area contributed by atoms with Crippen LogP contribution in [0.15, 0.2) is 24.3 Å². The van der Waals surface area contributed by atoms with Crippen molar-refractivity contribution in [3.8, 4) is 0 Å². The van der Waals surface area contributed by atoms with Gasteiger partial charge in [-0.1, -0.05) is 18.2 Å². The fourth-order valence-corrected chi connectivity index (χ4v) is 2.16. The average molecular weight is 292 g/mol. The Balaban J connectivity index is 2.79. The van der Waals surface area contributed by atoms with Gasteiger partial charge in [0.1, 0.15) is 0 Å². The van der Waals surface area contributed by atoms with Crippen LogP contribution in [0.1, 0.15) is 38.2 Å². The molecule has 0 aromatic heterocycles. The second-order valence-electron chi connectivity index (χ2n) is 5.35. The zero-order valence-electron chi connectivity index (χ0n) is 12.7. The first-order valence-electron chi connectivity index (χ1n) is 7.25. The van der Waals surface area contributed by atoms with Crippen LogP contribution in [-0.2, 0) is 9.59 Å². The molecule has 1 unspecified atom stereocenters. The Morgan fingerprint density at radius 3 is 2.52 bits per heavy atom. The van der Waals surface area contributed by atoms with E-state index in [-0.39, 0.29) is 24.9 Å². The third kappa shape index (κ3) is 5.95. The zero-order chi connectivity index (χ0) is 15.8. The number of rotatable bonds is 8. The number of carboxylic acid groups (broad SMARTS) is 1. The van der Waals surface area contributed by atoms with Crippen molar-refractivity contribution in [3.05, 3.63) is 29.8 Å². The molecule has 3 N–H and O–H groups in total. The summed E-state index contributed by atoms with van der Waals surface area (Å²) in [5.74, 6) is -0.955. The summed E-state index contributed by atoms with van der Waals surface area (Å²) in [6.07, 6.45) is 1.82. The highest BCUT2D eigenvalue weighted by Crippen LogP contribution is 2.21. The van der Waals surface area contributed by atoms with Crippen LogP contribution in [0.2, 0.25) is 0 Å². The third-order valence-electron chi connectivity index (χ3n) is 3.31. The van der Waals surface area contributed by atoms with Crippen molar-refractivity contribution in [1.82, 2.24) is 0 Å². The normalized spacial score (nSPS) is 12.0. The van der Waals surface area contributed by atoms with Gasteiger partial charge < -0.3 is 15.7 Å². The summed E-state index contributed by atoms with van der Waals surface area (Å²) in [4.78, 5) is 24.7. The predicted octanol–water partition coefficient (Wildman–Crippen LogP) is 2.32. The average Bonchev–Trinajstić information content (AvgIpc) is 2.40. The van der Waals surface area contributed by atoms with Gasteiger partial charge in [0, 0.05) is 24.7 Å². The molecule has 1 atom stereocenters. The Labute approximate surface area is 125 Å². The van der Waals surface area contributed by atoms with Gasteiger partial charge in [0.15, 0.2) is 0 Å². The molecule has 0 fully saturated rings. The minimum Gasteiger partial charge on any atom is -0.481 e. The number of anilines is 1. The van der Waals surface area contributed by atoms with Crippen LogP contribution in [0.3, 0.4) is 0 Å². The Bertz CT molecular complexity index is 486. The quantitative estimate of drug-likeness (QED) is 0.770. The van der Waals surface area contributed by atoms with E-state index in [1.54, 1.807) is 4.90 Å². The number of nitrogens with zero attached hydrogens (tertiary/aromatic N) is 1. The van der Waals surface area contributed by atoms with E-state index in [1.807, 2.05) is 38.1 Å². The highest BCUT2D eigenvalue weighted by Gasteiger charge is 2.18. The first-order chi connectivity index (χ1) is 9.91. The minimum atomic E-state index is -0.906. The van der Waals surface area contributed by atoms with Crippen molar-refractivity contribution < 1.29 is 14.7 Å². The summed E-state index contributed by atoms with van der Waals surface area (Å²) in [6, 6.07) is 7.59. The van der Waals surface area contributed by atoms with Crippen LogP contribution < -0.4 is 10.6 Å². The van der Waals surface area contributed by atoms with Crippen LogP contribution in [0.4, 0.5) is 5.69 Å². The topological polar surface area (TPSA) is 83.6 Å². The molecule has 0 radical (unpaired) electrons. The lowest BCUT2D eigenvalue weighted by atomic mass is 10.1. The van der Waals surface area contributed by atoms with Crippen LogP contribution in [-0.4, -0.2) is 29.6 Å². The summed E-state index contributed by atoms with van der Waals surface area (Å²) >= 11 is 0. The number of aliphatic carboxylic acids is 1. The van der Waals surface area contributed by atoms with Crippen LogP contribution in [0.5, 0.6) is 0 Å². The fraction of sp³-hybridized carbons (Fsp3) is 0.500. The number of benzene rings is 1. The molecular weight excluding hydrogens is 268 g/mol. The van der Waals surface area contributed by atoms with Gasteiger partial charge in [-0.3, -0.25) is 9.59 Å².